The Labute approximate surface area is 195 Å². The van der Waals surface area contributed by atoms with Gasteiger partial charge in [-0.05, 0) is 48.0 Å². The fraction of sp³-hybridized carbons (Fsp3) is 0.115. The SMILES string of the molecule is COc1ccc(-c2nc3c4c(ncn3n2)Oc2cc(O)ccc2[C@@H]4c2ccc(OC)cc2)cc1. The summed E-state index contributed by atoms with van der Waals surface area (Å²) in [6.07, 6.45) is 1.59. The molecule has 1 atom stereocenters. The molecule has 0 saturated heterocycles. The minimum Gasteiger partial charge on any atom is -0.508 e. The van der Waals surface area contributed by atoms with Gasteiger partial charge in [-0.1, -0.05) is 18.2 Å². The van der Waals surface area contributed by atoms with Crippen LogP contribution in [0.4, 0.5) is 0 Å². The number of phenolic OH excluding ortho intramolecular Hbond substituents is 1. The maximum atomic E-state index is 10.0. The maximum Gasteiger partial charge on any atom is 0.228 e. The predicted octanol–water partition coefficient (Wildman–Crippen LogP) is 4.80. The lowest BCUT2D eigenvalue weighted by molar-refractivity contribution is 0.414. The highest BCUT2D eigenvalue weighted by Gasteiger charge is 2.33. The van der Waals surface area contributed by atoms with Gasteiger partial charge in [-0.2, -0.15) is 0 Å². The van der Waals surface area contributed by atoms with Gasteiger partial charge in [0.2, 0.25) is 5.88 Å². The van der Waals surface area contributed by atoms with E-state index in [1.54, 1.807) is 37.2 Å². The first-order valence-corrected chi connectivity index (χ1v) is 10.7. The number of nitrogens with zero attached hydrogens (tertiary/aromatic N) is 4. The molecule has 168 valence electrons. The number of benzene rings is 3. The van der Waals surface area contributed by atoms with E-state index in [-0.39, 0.29) is 11.7 Å². The monoisotopic (exact) mass is 452 g/mol. The molecule has 8 heteroatoms. The Balaban J connectivity index is 1.56. The standard InChI is InChI=1S/C26H20N4O4/c1-32-18-8-3-15(4-9-18)22-20-12-7-17(31)13-21(20)34-26-23(22)25-28-24(29-30(25)14-27-26)16-5-10-19(33-2)11-6-16/h3-14,22,31H,1-2H3/t22-/m0/s1. The van der Waals surface area contributed by atoms with Gasteiger partial charge in [-0.25, -0.2) is 14.5 Å². The van der Waals surface area contributed by atoms with E-state index in [9.17, 15) is 5.11 Å². The van der Waals surface area contributed by atoms with E-state index in [0.717, 1.165) is 33.8 Å². The summed E-state index contributed by atoms with van der Waals surface area (Å²) in [4.78, 5) is 9.40. The number of aromatic nitrogens is 4. The summed E-state index contributed by atoms with van der Waals surface area (Å²) in [5, 5.41) is 14.7. The number of rotatable bonds is 4. The van der Waals surface area contributed by atoms with Crippen LogP contribution in [0.5, 0.6) is 28.9 Å². The van der Waals surface area contributed by atoms with Gasteiger partial charge in [0, 0.05) is 23.1 Å². The van der Waals surface area contributed by atoms with Crippen molar-refractivity contribution in [2.24, 2.45) is 0 Å². The number of phenols is 1. The normalized spacial score (nSPS) is 14.2. The largest absolute Gasteiger partial charge is 0.508 e. The lowest BCUT2D eigenvalue weighted by Crippen LogP contribution is -2.15. The molecule has 0 radical (unpaired) electrons. The van der Waals surface area contributed by atoms with Gasteiger partial charge in [0.1, 0.15) is 29.3 Å². The second kappa shape index (κ2) is 7.77. The average molecular weight is 452 g/mol. The Morgan fingerprint density at radius 3 is 2.32 bits per heavy atom. The molecule has 3 heterocycles. The van der Waals surface area contributed by atoms with Crippen LogP contribution >= 0.6 is 0 Å². The zero-order valence-electron chi connectivity index (χ0n) is 18.5. The lowest BCUT2D eigenvalue weighted by Gasteiger charge is -2.28. The molecule has 1 aliphatic rings. The molecule has 0 fully saturated rings. The summed E-state index contributed by atoms with van der Waals surface area (Å²) >= 11 is 0. The van der Waals surface area contributed by atoms with E-state index in [0.29, 0.717) is 23.1 Å². The Hall–Kier alpha value is -4.59. The number of methoxy groups -OCH3 is 2. The highest BCUT2D eigenvalue weighted by Crippen LogP contribution is 2.48. The quantitative estimate of drug-likeness (QED) is 0.411. The number of ether oxygens (including phenoxy) is 3. The lowest BCUT2D eigenvalue weighted by atomic mass is 9.84. The molecule has 0 bridgehead atoms. The zero-order valence-corrected chi connectivity index (χ0v) is 18.5. The van der Waals surface area contributed by atoms with Gasteiger partial charge in [-0.15, -0.1) is 5.10 Å². The van der Waals surface area contributed by atoms with Crippen molar-refractivity contribution < 1.29 is 19.3 Å². The molecule has 2 aromatic heterocycles. The van der Waals surface area contributed by atoms with Crippen molar-refractivity contribution in [3.8, 4) is 40.3 Å². The number of fused-ring (bicyclic) bond motifs is 4. The number of aromatic hydroxyl groups is 1. The molecule has 0 unspecified atom stereocenters. The minimum atomic E-state index is -0.227. The van der Waals surface area contributed by atoms with Crippen molar-refractivity contribution in [2.75, 3.05) is 14.2 Å². The van der Waals surface area contributed by atoms with Crippen LogP contribution in [0.25, 0.3) is 17.0 Å². The second-order valence-corrected chi connectivity index (χ2v) is 7.93. The van der Waals surface area contributed by atoms with Gasteiger partial charge >= 0.3 is 0 Å². The van der Waals surface area contributed by atoms with Crippen LogP contribution in [-0.2, 0) is 0 Å². The maximum absolute atomic E-state index is 10.0. The number of hydrogen-bond donors (Lipinski definition) is 1. The van der Waals surface area contributed by atoms with Crippen LogP contribution in [0.1, 0.15) is 22.6 Å². The molecule has 6 rings (SSSR count). The van der Waals surface area contributed by atoms with Crippen molar-refractivity contribution in [2.45, 2.75) is 5.92 Å². The van der Waals surface area contributed by atoms with Crippen molar-refractivity contribution in [3.63, 3.8) is 0 Å². The van der Waals surface area contributed by atoms with Crippen molar-refractivity contribution in [3.05, 3.63) is 89.7 Å². The van der Waals surface area contributed by atoms with Crippen LogP contribution in [-0.4, -0.2) is 38.9 Å². The molecule has 0 spiro atoms. The van der Waals surface area contributed by atoms with Gasteiger partial charge in [0.25, 0.3) is 0 Å². The topological polar surface area (TPSA) is 91.0 Å². The van der Waals surface area contributed by atoms with Crippen molar-refractivity contribution >= 4 is 5.65 Å². The van der Waals surface area contributed by atoms with E-state index in [2.05, 4.69) is 10.1 Å². The third kappa shape index (κ3) is 3.19. The Bertz CT molecular complexity index is 1510. The van der Waals surface area contributed by atoms with Gasteiger partial charge in [-0.3, -0.25) is 0 Å². The molecule has 0 aliphatic carbocycles. The molecule has 3 aromatic carbocycles. The summed E-state index contributed by atoms with van der Waals surface area (Å²) in [5.41, 5.74) is 4.23. The Morgan fingerprint density at radius 1 is 0.912 bits per heavy atom. The molecular weight excluding hydrogens is 432 g/mol. The van der Waals surface area contributed by atoms with E-state index in [1.807, 2.05) is 54.6 Å². The molecular formula is C26H20N4O4. The minimum absolute atomic E-state index is 0.126. The summed E-state index contributed by atoms with van der Waals surface area (Å²) in [7, 11) is 3.27. The summed E-state index contributed by atoms with van der Waals surface area (Å²) in [6.45, 7) is 0. The van der Waals surface area contributed by atoms with E-state index in [1.165, 1.54) is 0 Å². The van der Waals surface area contributed by atoms with Crippen LogP contribution < -0.4 is 14.2 Å². The smallest absolute Gasteiger partial charge is 0.228 e. The molecule has 5 aromatic rings. The Kier molecular flexibility index (Phi) is 4.58. The van der Waals surface area contributed by atoms with Crippen LogP contribution in [0.15, 0.2) is 73.1 Å². The number of hydrogen-bond acceptors (Lipinski definition) is 7. The molecule has 1 aliphatic heterocycles. The van der Waals surface area contributed by atoms with E-state index >= 15 is 0 Å². The van der Waals surface area contributed by atoms with E-state index < -0.39 is 0 Å². The van der Waals surface area contributed by atoms with Gasteiger partial charge < -0.3 is 19.3 Å². The van der Waals surface area contributed by atoms with Crippen molar-refractivity contribution in [1.82, 2.24) is 19.6 Å². The first-order valence-electron chi connectivity index (χ1n) is 10.7. The van der Waals surface area contributed by atoms with Gasteiger partial charge in [0.15, 0.2) is 11.5 Å². The fourth-order valence-electron chi connectivity index (χ4n) is 4.31. The fourth-order valence-corrected chi connectivity index (χ4v) is 4.31. The summed E-state index contributed by atoms with van der Waals surface area (Å²) in [5.74, 6) is 2.99. The van der Waals surface area contributed by atoms with Crippen molar-refractivity contribution in [1.29, 1.82) is 0 Å². The molecule has 34 heavy (non-hydrogen) atoms. The molecule has 8 nitrogen and oxygen atoms in total. The highest BCUT2D eigenvalue weighted by molar-refractivity contribution is 5.69. The first kappa shape index (κ1) is 20.0. The van der Waals surface area contributed by atoms with Crippen LogP contribution in [0.3, 0.4) is 0 Å². The highest BCUT2D eigenvalue weighted by atomic mass is 16.5. The molecule has 0 saturated carbocycles. The summed E-state index contributed by atoms with van der Waals surface area (Å²) in [6, 6.07) is 20.6. The third-order valence-electron chi connectivity index (χ3n) is 5.99. The predicted molar refractivity (Wildman–Crippen MR) is 125 cm³/mol. The average Bonchev–Trinajstić information content (AvgIpc) is 3.32. The first-order chi connectivity index (χ1) is 16.6. The second-order valence-electron chi connectivity index (χ2n) is 7.93. The molecule has 1 N–H and O–H groups in total. The Morgan fingerprint density at radius 2 is 1.62 bits per heavy atom. The molecule has 0 amide bonds. The summed E-state index contributed by atoms with van der Waals surface area (Å²) < 4.78 is 18.4. The third-order valence-corrected chi connectivity index (χ3v) is 5.99. The van der Waals surface area contributed by atoms with Crippen LogP contribution in [0, 0.1) is 0 Å². The van der Waals surface area contributed by atoms with E-state index in [4.69, 9.17) is 19.2 Å². The zero-order chi connectivity index (χ0) is 23.2. The van der Waals surface area contributed by atoms with Crippen LogP contribution in [0.2, 0.25) is 0 Å². The van der Waals surface area contributed by atoms with Gasteiger partial charge in [0.05, 0.1) is 19.8 Å².